The van der Waals surface area contributed by atoms with Gasteiger partial charge in [-0.2, -0.15) is 0 Å². The Hall–Kier alpha value is -0.0400. The van der Waals surface area contributed by atoms with E-state index < -0.39 is 0 Å². The van der Waals surface area contributed by atoms with Crippen molar-refractivity contribution in [1.82, 2.24) is 0 Å². The lowest BCUT2D eigenvalue weighted by Gasteiger charge is -2.41. The quantitative estimate of drug-likeness (QED) is 0.750. The van der Waals surface area contributed by atoms with Crippen LogP contribution in [0.25, 0.3) is 0 Å². The molecule has 106 valence electrons. The van der Waals surface area contributed by atoms with Crippen LogP contribution in [0.4, 0.5) is 0 Å². The van der Waals surface area contributed by atoms with Gasteiger partial charge >= 0.3 is 0 Å². The van der Waals surface area contributed by atoms with Crippen molar-refractivity contribution >= 4 is 0 Å². The van der Waals surface area contributed by atoms with Crippen LogP contribution in [0.2, 0.25) is 0 Å². The van der Waals surface area contributed by atoms with Gasteiger partial charge in [0.2, 0.25) is 0 Å². The predicted octanol–water partition coefficient (Wildman–Crippen LogP) is 4.75. The summed E-state index contributed by atoms with van der Waals surface area (Å²) in [5.74, 6) is 3.76. The van der Waals surface area contributed by atoms with Gasteiger partial charge in [0.1, 0.15) is 0 Å². The Morgan fingerprint density at radius 1 is 1.06 bits per heavy atom. The zero-order chi connectivity index (χ0) is 13.0. The summed E-state index contributed by atoms with van der Waals surface area (Å²) in [6.07, 6.45) is 14.3. The van der Waals surface area contributed by atoms with Gasteiger partial charge in [0, 0.05) is 6.04 Å². The van der Waals surface area contributed by atoms with E-state index >= 15 is 0 Å². The fourth-order valence-corrected chi connectivity index (χ4v) is 4.57. The first-order chi connectivity index (χ1) is 8.70. The molecule has 0 bridgehead atoms. The Morgan fingerprint density at radius 3 is 2.50 bits per heavy atom. The van der Waals surface area contributed by atoms with Crippen LogP contribution in [0.3, 0.4) is 0 Å². The molecule has 1 nitrogen and oxygen atoms in total. The SMILES string of the molecule is CCCC(C)CC(N)C1CCC2CCCCC2C1. The number of rotatable bonds is 5. The second kappa shape index (κ2) is 6.93. The fourth-order valence-electron chi connectivity index (χ4n) is 4.57. The molecule has 1 heteroatoms. The Balaban J connectivity index is 1.78. The Kier molecular flexibility index (Phi) is 5.54. The average molecular weight is 251 g/mol. The normalized spacial score (nSPS) is 35.8. The van der Waals surface area contributed by atoms with Crippen LogP contribution in [-0.2, 0) is 0 Å². The first-order valence-corrected chi connectivity index (χ1v) is 8.46. The highest BCUT2D eigenvalue weighted by molar-refractivity contribution is 4.87. The summed E-state index contributed by atoms with van der Waals surface area (Å²) in [4.78, 5) is 0. The molecule has 5 atom stereocenters. The number of hydrogen-bond donors (Lipinski definition) is 1. The van der Waals surface area contributed by atoms with E-state index in [4.69, 9.17) is 5.73 Å². The van der Waals surface area contributed by atoms with Crippen LogP contribution in [0.15, 0.2) is 0 Å². The van der Waals surface area contributed by atoms with Gasteiger partial charge in [0.25, 0.3) is 0 Å². The molecule has 0 amide bonds. The van der Waals surface area contributed by atoms with Crippen molar-refractivity contribution < 1.29 is 0 Å². The van der Waals surface area contributed by atoms with Crippen LogP contribution in [-0.4, -0.2) is 6.04 Å². The van der Waals surface area contributed by atoms with E-state index in [1.54, 1.807) is 0 Å². The zero-order valence-electron chi connectivity index (χ0n) is 12.5. The standard InChI is InChI=1S/C17H33N/c1-3-6-13(2)11-17(18)16-10-9-14-7-4-5-8-15(14)12-16/h13-17H,3-12,18H2,1-2H3. The Morgan fingerprint density at radius 2 is 1.78 bits per heavy atom. The first kappa shape index (κ1) is 14.4. The van der Waals surface area contributed by atoms with Crippen molar-refractivity contribution in [3.8, 4) is 0 Å². The molecular weight excluding hydrogens is 218 g/mol. The molecule has 2 aliphatic carbocycles. The lowest BCUT2D eigenvalue weighted by Crippen LogP contribution is -2.38. The third kappa shape index (κ3) is 3.73. The molecule has 0 spiro atoms. The molecule has 0 aromatic rings. The maximum absolute atomic E-state index is 6.50. The molecule has 2 rings (SSSR count). The van der Waals surface area contributed by atoms with Crippen molar-refractivity contribution in [2.45, 2.75) is 84.1 Å². The van der Waals surface area contributed by atoms with Gasteiger partial charge in [-0.25, -0.2) is 0 Å². The van der Waals surface area contributed by atoms with E-state index in [1.165, 1.54) is 64.2 Å². The molecule has 2 saturated carbocycles. The third-order valence-corrected chi connectivity index (χ3v) is 5.64. The first-order valence-electron chi connectivity index (χ1n) is 8.46. The van der Waals surface area contributed by atoms with Gasteiger partial charge in [-0.1, -0.05) is 52.4 Å². The second-order valence-electron chi connectivity index (χ2n) is 7.17. The van der Waals surface area contributed by atoms with E-state index in [-0.39, 0.29) is 0 Å². The van der Waals surface area contributed by atoms with Crippen LogP contribution >= 0.6 is 0 Å². The van der Waals surface area contributed by atoms with Crippen LogP contribution in [0.5, 0.6) is 0 Å². The van der Waals surface area contributed by atoms with Crippen LogP contribution in [0, 0.1) is 23.7 Å². The molecule has 0 saturated heterocycles. The van der Waals surface area contributed by atoms with Crippen molar-refractivity contribution in [2.24, 2.45) is 29.4 Å². The summed E-state index contributed by atoms with van der Waals surface area (Å²) >= 11 is 0. The number of hydrogen-bond acceptors (Lipinski definition) is 1. The van der Waals surface area contributed by atoms with Gasteiger partial charge in [0.05, 0.1) is 0 Å². The lowest BCUT2D eigenvalue weighted by molar-refractivity contribution is 0.112. The monoisotopic (exact) mass is 251 g/mol. The average Bonchev–Trinajstić information content (AvgIpc) is 2.38. The van der Waals surface area contributed by atoms with Gasteiger partial charge < -0.3 is 5.73 Å². The summed E-state index contributed by atoms with van der Waals surface area (Å²) in [5.41, 5.74) is 6.50. The van der Waals surface area contributed by atoms with Crippen LogP contribution in [0.1, 0.15) is 78.1 Å². The van der Waals surface area contributed by atoms with Gasteiger partial charge in [-0.05, 0) is 49.4 Å². The number of fused-ring (bicyclic) bond motifs is 1. The highest BCUT2D eigenvalue weighted by Gasteiger charge is 2.34. The van der Waals surface area contributed by atoms with E-state index in [9.17, 15) is 0 Å². The van der Waals surface area contributed by atoms with Gasteiger partial charge in [-0.15, -0.1) is 0 Å². The maximum atomic E-state index is 6.50. The minimum Gasteiger partial charge on any atom is -0.327 e. The summed E-state index contributed by atoms with van der Waals surface area (Å²) in [5, 5.41) is 0. The fraction of sp³-hybridized carbons (Fsp3) is 1.00. The smallest absolute Gasteiger partial charge is 0.00698 e. The van der Waals surface area contributed by atoms with Crippen molar-refractivity contribution in [3.05, 3.63) is 0 Å². The molecule has 0 radical (unpaired) electrons. The molecule has 2 fully saturated rings. The topological polar surface area (TPSA) is 26.0 Å². The molecule has 0 heterocycles. The Bertz CT molecular complexity index is 238. The summed E-state index contributed by atoms with van der Waals surface area (Å²) in [6.45, 7) is 4.67. The summed E-state index contributed by atoms with van der Waals surface area (Å²) < 4.78 is 0. The molecule has 0 aromatic heterocycles. The highest BCUT2D eigenvalue weighted by atomic mass is 14.7. The zero-order valence-corrected chi connectivity index (χ0v) is 12.5. The van der Waals surface area contributed by atoms with Crippen LogP contribution < -0.4 is 5.73 Å². The minimum absolute atomic E-state index is 0.481. The molecule has 0 aliphatic heterocycles. The Labute approximate surface area is 114 Å². The van der Waals surface area contributed by atoms with Gasteiger partial charge in [-0.3, -0.25) is 0 Å². The van der Waals surface area contributed by atoms with E-state index in [0.29, 0.717) is 6.04 Å². The van der Waals surface area contributed by atoms with E-state index in [0.717, 1.165) is 23.7 Å². The molecule has 5 unspecified atom stereocenters. The van der Waals surface area contributed by atoms with Crippen molar-refractivity contribution in [3.63, 3.8) is 0 Å². The second-order valence-corrected chi connectivity index (χ2v) is 7.17. The summed E-state index contributed by atoms with van der Waals surface area (Å²) in [6, 6.07) is 0.481. The van der Waals surface area contributed by atoms with Crippen molar-refractivity contribution in [1.29, 1.82) is 0 Å². The molecular formula is C17H33N. The van der Waals surface area contributed by atoms with Gasteiger partial charge in [0.15, 0.2) is 0 Å². The molecule has 2 aliphatic rings. The predicted molar refractivity (Wildman–Crippen MR) is 79.5 cm³/mol. The maximum Gasteiger partial charge on any atom is 0.00698 e. The molecule has 0 aromatic carbocycles. The summed E-state index contributed by atoms with van der Waals surface area (Å²) in [7, 11) is 0. The molecule has 2 N–H and O–H groups in total. The van der Waals surface area contributed by atoms with Crippen molar-refractivity contribution in [2.75, 3.05) is 0 Å². The largest absolute Gasteiger partial charge is 0.327 e. The molecule has 18 heavy (non-hydrogen) atoms. The third-order valence-electron chi connectivity index (χ3n) is 5.64. The lowest BCUT2D eigenvalue weighted by atomic mass is 9.65. The highest BCUT2D eigenvalue weighted by Crippen LogP contribution is 2.43. The number of nitrogens with two attached hydrogens (primary N) is 1. The minimum atomic E-state index is 0.481. The van der Waals surface area contributed by atoms with E-state index in [2.05, 4.69) is 13.8 Å². The van der Waals surface area contributed by atoms with E-state index in [1.807, 2.05) is 0 Å².